The Morgan fingerprint density at radius 3 is 0.959 bits per heavy atom. The highest BCUT2D eigenvalue weighted by Crippen LogP contribution is 2.16. The van der Waals surface area contributed by atoms with Gasteiger partial charge >= 0.3 is 17.9 Å². The van der Waals surface area contributed by atoms with Gasteiger partial charge in [-0.1, -0.05) is 270 Å². The number of carbonyl (C=O) groups excluding carboxylic acids is 3. The van der Waals surface area contributed by atoms with Crippen molar-refractivity contribution in [3.8, 4) is 0 Å². The Kier molecular flexibility index (Phi) is 56.4. The quantitative estimate of drug-likeness (QED) is 0.0261. The highest BCUT2D eigenvalue weighted by molar-refractivity contribution is 5.72. The zero-order valence-corrected chi connectivity index (χ0v) is 47.1. The van der Waals surface area contributed by atoms with E-state index in [1.54, 1.807) is 6.08 Å². The molecule has 0 aliphatic carbocycles. The van der Waals surface area contributed by atoms with Crippen molar-refractivity contribution in [2.24, 2.45) is 0 Å². The van der Waals surface area contributed by atoms with Crippen molar-refractivity contribution in [1.82, 2.24) is 0 Å². The van der Waals surface area contributed by atoms with Crippen LogP contribution in [0.1, 0.15) is 252 Å². The molecule has 412 valence electrons. The van der Waals surface area contributed by atoms with E-state index in [0.717, 1.165) is 103 Å². The summed E-state index contributed by atoms with van der Waals surface area (Å²) in [5, 5.41) is 0. The van der Waals surface area contributed by atoms with Gasteiger partial charge in [0.15, 0.2) is 6.10 Å². The minimum Gasteiger partial charge on any atom is -0.462 e. The minimum atomic E-state index is -0.840. The normalized spacial score (nSPS) is 13.1. The summed E-state index contributed by atoms with van der Waals surface area (Å²) in [6.45, 7) is 6.29. The van der Waals surface area contributed by atoms with Crippen molar-refractivity contribution in [2.45, 2.75) is 258 Å². The predicted octanol–water partition coefficient (Wildman–Crippen LogP) is 20.2. The van der Waals surface area contributed by atoms with Gasteiger partial charge in [0.1, 0.15) is 13.2 Å². The van der Waals surface area contributed by atoms with Crippen LogP contribution in [0.25, 0.3) is 0 Å². The van der Waals surface area contributed by atoms with Crippen molar-refractivity contribution in [1.29, 1.82) is 0 Å². The summed E-state index contributed by atoms with van der Waals surface area (Å²) in [7, 11) is 0. The van der Waals surface area contributed by atoms with Gasteiger partial charge in [-0.2, -0.15) is 0 Å². The molecule has 0 saturated carbocycles. The minimum absolute atomic E-state index is 0.115. The Morgan fingerprint density at radius 2 is 0.589 bits per heavy atom. The van der Waals surface area contributed by atoms with E-state index in [2.05, 4.69) is 142 Å². The summed E-state index contributed by atoms with van der Waals surface area (Å²) in [6.07, 6.45) is 84.8. The summed E-state index contributed by atoms with van der Waals surface area (Å²) in [6, 6.07) is 0. The predicted molar refractivity (Wildman–Crippen MR) is 316 cm³/mol. The third-order valence-electron chi connectivity index (χ3n) is 12.2. The van der Waals surface area contributed by atoms with Crippen molar-refractivity contribution >= 4 is 17.9 Å². The third kappa shape index (κ3) is 58.3. The van der Waals surface area contributed by atoms with Crippen LogP contribution >= 0.6 is 0 Å². The molecule has 0 aromatic rings. The van der Waals surface area contributed by atoms with Crippen LogP contribution < -0.4 is 0 Å². The molecule has 0 aliphatic rings. The fourth-order valence-electron chi connectivity index (χ4n) is 7.81. The molecular formula is C67H108O6. The number of carbonyl (C=O) groups is 3. The maximum absolute atomic E-state index is 12.9. The van der Waals surface area contributed by atoms with Crippen LogP contribution in [0.5, 0.6) is 0 Å². The molecule has 0 heterocycles. The molecule has 1 atom stereocenters. The third-order valence-corrected chi connectivity index (χ3v) is 12.2. The lowest BCUT2D eigenvalue weighted by Crippen LogP contribution is -2.30. The van der Waals surface area contributed by atoms with E-state index < -0.39 is 12.1 Å². The second-order valence-corrected chi connectivity index (χ2v) is 19.2. The lowest BCUT2D eigenvalue weighted by atomic mass is 10.0. The number of ether oxygens (including phenoxy) is 3. The Balaban J connectivity index is 4.55. The highest BCUT2D eigenvalue weighted by atomic mass is 16.6. The average molecular weight is 1010 g/mol. The zero-order valence-electron chi connectivity index (χ0n) is 47.1. The van der Waals surface area contributed by atoms with Crippen LogP contribution in [-0.2, 0) is 28.6 Å². The van der Waals surface area contributed by atoms with E-state index in [9.17, 15) is 14.4 Å². The molecule has 6 heteroatoms. The molecular weight excluding hydrogens is 901 g/mol. The standard InChI is InChI=1S/C67H108O6/c1-4-7-10-13-16-19-22-25-28-30-32-33-35-36-39-42-45-48-51-54-57-60-66(69)72-63-64(62-71-65(68)59-56-53-50-47-44-41-38-27-24-21-18-15-12-9-6-3)73-67(70)61-58-55-52-49-46-43-40-37-34-31-29-26-23-20-17-14-11-8-5-2/h7,9-10,12,16,18-19,21,25,27-28,32-33,36,38-39,44-45,47-48,53,56,64H,4-6,8,11,13-15,17,20,22-24,26,29-31,34-35,37,40-43,46,49-52,54-55,57-63H2,1-3H3/b10-7-,12-9-,19-16-,21-18-,28-25-,33-32-,38-27-,39-36-,47-44-,48-45-,56-53-. The van der Waals surface area contributed by atoms with Crippen molar-refractivity contribution < 1.29 is 28.6 Å². The van der Waals surface area contributed by atoms with E-state index in [4.69, 9.17) is 14.2 Å². The van der Waals surface area contributed by atoms with Crippen LogP contribution in [-0.4, -0.2) is 37.2 Å². The molecule has 73 heavy (non-hydrogen) atoms. The summed E-state index contributed by atoms with van der Waals surface area (Å²) in [4.78, 5) is 38.1. The highest BCUT2D eigenvalue weighted by Gasteiger charge is 2.19. The Labute approximate surface area is 449 Å². The fraction of sp³-hybridized carbons (Fsp3) is 0.627. The number of allylic oxidation sites excluding steroid dienone is 21. The molecule has 1 unspecified atom stereocenters. The number of hydrogen-bond donors (Lipinski definition) is 0. The molecule has 0 N–H and O–H groups in total. The van der Waals surface area contributed by atoms with Crippen LogP contribution in [0.15, 0.2) is 134 Å². The van der Waals surface area contributed by atoms with Gasteiger partial charge in [0.05, 0.1) is 6.42 Å². The molecule has 0 fully saturated rings. The molecule has 0 aromatic heterocycles. The lowest BCUT2D eigenvalue weighted by Gasteiger charge is -2.18. The van der Waals surface area contributed by atoms with E-state index >= 15 is 0 Å². The maximum Gasteiger partial charge on any atom is 0.309 e. The van der Waals surface area contributed by atoms with E-state index in [1.165, 1.54) is 103 Å². The van der Waals surface area contributed by atoms with Gasteiger partial charge in [-0.15, -0.1) is 0 Å². The topological polar surface area (TPSA) is 78.9 Å². The number of hydrogen-bond acceptors (Lipinski definition) is 6. The first-order valence-electron chi connectivity index (χ1n) is 29.7. The first-order chi connectivity index (χ1) is 36.0. The molecule has 0 spiro atoms. The van der Waals surface area contributed by atoms with E-state index in [1.807, 2.05) is 6.08 Å². The van der Waals surface area contributed by atoms with E-state index in [-0.39, 0.29) is 38.0 Å². The number of rotatable bonds is 52. The Hall–Kier alpha value is -4.45. The van der Waals surface area contributed by atoms with Crippen LogP contribution in [0.2, 0.25) is 0 Å². The number of unbranched alkanes of at least 4 members (excludes halogenated alkanes) is 20. The van der Waals surface area contributed by atoms with Gasteiger partial charge in [0, 0.05) is 12.8 Å². The van der Waals surface area contributed by atoms with Crippen molar-refractivity contribution in [2.75, 3.05) is 13.2 Å². The molecule has 0 rings (SSSR count). The smallest absolute Gasteiger partial charge is 0.309 e. The van der Waals surface area contributed by atoms with E-state index in [0.29, 0.717) is 12.8 Å². The zero-order chi connectivity index (χ0) is 52.9. The largest absolute Gasteiger partial charge is 0.462 e. The molecule has 0 radical (unpaired) electrons. The second-order valence-electron chi connectivity index (χ2n) is 19.2. The van der Waals surface area contributed by atoms with Crippen molar-refractivity contribution in [3.63, 3.8) is 0 Å². The van der Waals surface area contributed by atoms with Crippen LogP contribution in [0.3, 0.4) is 0 Å². The summed E-state index contributed by atoms with van der Waals surface area (Å²) < 4.78 is 16.7. The fourth-order valence-corrected chi connectivity index (χ4v) is 7.81. The first kappa shape index (κ1) is 68.6. The Morgan fingerprint density at radius 1 is 0.301 bits per heavy atom. The van der Waals surface area contributed by atoms with Gasteiger partial charge in [-0.25, -0.2) is 0 Å². The molecule has 0 aromatic carbocycles. The lowest BCUT2D eigenvalue weighted by molar-refractivity contribution is -0.166. The van der Waals surface area contributed by atoms with Crippen LogP contribution in [0, 0.1) is 0 Å². The summed E-state index contributed by atoms with van der Waals surface area (Å²) >= 11 is 0. The van der Waals surface area contributed by atoms with Gasteiger partial charge in [0.25, 0.3) is 0 Å². The maximum atomic E-state index is 12.9. The number of esters is 3. The SMILES string of the molecule is CC/C=C\C/C=C\C/C=C\C/C=C\C/C=C\C/C=C\CCCCC(=O)OCC(COC(=O)C/C=C\C/C=C\C/C=C\C/C=C\C/C=C\CC)OC(=O)CCCCCCCCCCCCCCCCCCCCC. The molecule has 0 bridgehead atoms. The van der Waals surface area contributed by atoms with Crippen LogP contribution in [0.4, 0.5) is 0 Å². The molecule has 6 nitrogen and oxygen atoms in total. The average Bonchev–Trinajstić information content (AvgIpc) is 3.39. The Bertz CT molecular complexity index is 1580. The summed E-state index contributed by atoms with van der Waals surface area (Å²) in [5.74, 6) is -1.10. The monoisotopic (exact) mass is 1010 g/mol. The summed E-state index contributed by atoms with van der Waals surface area (Å²) in [5.41, 5.74) is 0. The molecule has 0 saturated heterocycles. The first-order valence-corrected chi connectivity index (χ1v) is 29.7. The molecule has 0 aliphatic heterocycles. The van der Waals surface area contributed by atoms with Gasteiger partial charge < -0.3 is 14.2 Å². The second kappa shape index (κ2) is 60.1. The van der Waals surface area contributed by atoms with Gasteiger partial charge in [-0.05, 0) is 96.3 Å². The van der Waals surface area contributed by atoms with Gasteiger partial charge in [-0.3, -0.25) is 14.4 Å². The molecule has 0 amide bonds. The van der Waals surface area contributed by atoms with Gasteiger partial charge in [0.2, 0.25) is 0 Å². The van der Waals surface area contributed by atoms with Crippen molar-refractivity contribution in [3.05, 3.63) is 134 Å².